The van der Waals surface area contributed by atoms with E-state index >= 15 is 0 Å². The fraction of sp³-hybridized carbons (Fsp3) is 0.368. The number of aliphatic hydroxyl groups is 1. The maximum Gasteiger partial charge on any atom is 0.158 e. The molecule has 4 N–H and O–H groups in total. The molecule has 4 rings (SSSR count). The Morgan fingerprint density at radius 2 is 2.11 bits per heavy atom. The Hall–Kier alpha value is -2.22. The molecule has 1 aliphatic rings. The maximum atomic E-state index is 13.4. The first kappa shape index (κ1) is 18.2. The van der Waals surface area contributed by atoms with Crippen molar-refractivity contribution in [2.24, 2.45) is 5.73 Å². The molecule has 0 aliphatic heterocycles. The third-order valence-electron chi connectivity index (χ3n) is 5.20. The van der Waals surface area contributed by atoms with Crippen molar-refractivity contribution in [2.75, 3.05) is 5.32 Å². The molecule has 1 aromatic carbocycles. The van der Waals surface area contributed by atoms with Crippen LogP contribution < -0.4 is 11.1 Å². The fourth-order valence-corrected chi connectivity index (χ4v) is 3.85. The minimum absolute atomic E-state index is 0.0357. The number of aromatic nitrogens is 3. The van der Waals surface area contributed by atoms with E-state index in [1.54, 1.807) is 10.6 Å². The molecule has 6 nitrogen and oxygen atoms in total. The molecule has 1 saturated carbocycles. The summed E-state index contributed by atoms with van der Waals surface area (Å²) in [6.45, 7) is 0. The van der Waals surface area contributed by atoms with Gasteiger partial charge in [0.05, 0.1) is 10.6 Å². The molecule has 1 aliphatic carbocycles. The first-order chi connectivity index (χ1) is 12.9. The number of nitrogens with one attached hydrogen (secondary N) is 1. The number of halogens is 2. The highest BCUT2D eigenvalue weighted by molar-refractivity contribution is 6.31. The van der Waals surface area contributed by atoms with Gasteiger partial charge in [0.2, 0.25) is 0 Å². The lowest BCUT2D eigenvalue weighted by molar-refractivity contribution is 0.000495. The Balaban J connectivity index is 1.66. The first-order valence-electron chi connectivity index (χ1n) is 8.95. The lowest BCUT2D eigenvalue weighted by Gasteiger charge is -2.34. The van der Waals surface area contributed by atoms with Crippen molar-refractivity contribution in [3.05, 3.63) is 53.2 Å². The lowest BCUT2D eigenvalue weighted by Crippen LogP contribution is -2.40. The second-order valence-electron chi connectivity index (χ2n) is 7.24. The van der Waals surface area contributed by atoms with Crippen molar-refractivity contribution in [3.63, 3.8) is 0 Å². The van der Waals surface area contributed by atoms with Crippen LogP contribution in [0.25, 0.3) is 5.52 Å². The van der Waals surface area contributed by atoms with E-state index in [2.05, 4.69) is 15.4 Å². The van der Waals surface area contributed by atoms with E-state index in [9.17, 15) is 9.50 Å². The van der Waals surface area contributed by atoms with Crippen LogP contribution in [0.2, 0.25) is 5.02 Å². The highest BCUT2D eigenvalue weighted by atomic mass is 35.5. The van der Waals surface area contributed by atoms with E-state index in [1.165, 1.54) is 18.5 Å². The molecule has 0 amide bonds. The number of nitrogens with zero attached hydrogens (tertiary/aromatic N) is 3. The van der Waals surface area contributed by atoms with Crippen molar-refractivity contribution in [2.45, 2.75) is 43.7 Å². The number of hydrogen-bond donors (Lipinski definition) is 3. The van der Waals surface area contributed by atoms with Gasteiger partial charge in [-0.15, -0.1) is 0 Å². The van der Waals surface area contributed by atoms with Crippen LogP contribution in [0.1, 0.15) is 31.2 Å². The summed E-state index contributed by atoms with van der Waals surface area (Å²) in [5, 5.41) is 18.4. The van der Waals surface area contributed by atoms with Gasteiger partial charge in [-0.1, -0.05) is 11.6 Å². The minimum Gasteiger partial charge on any atom is -0.390 e. The lowest BCUT2D eigenvalue weighted by atomic mass is 9.79. The zero-order chi connectivity index (χ0) is 19.0. The van der Waals surface area contributed by atoms with Gasteiger partial charge in [-0.3, -0.25) is 0 Å². The Morgan fingerprint density at radius 3 is 2.85 bits per heavy atom. The smallest absolute Gasteiger partial charge is 0.158 e. The Bertz CT molecular complexity index is 968. The first-order valence-corrected chi connectivity index (χ1v) is 9.33. The summed E-state index contributed by atoms with van der Waals surface area (Å²) < 4.78 is 15.1. The highest BCUT2D eigenvalue weighted by Crippen LogP contribution is 2.33. The SMILES string of the molecule is N[C@H]1CC[C@@](O)(Cc2ccn3ncnc(Nc4ccc(F)c(Cl)c4)c23)CC1. The van der Waals surface area contributed by atoms with Gasteiger partial charge in [-0.25, -0.2) is 13.9 Å². The number of nitrogens with two attached hydrogens (primary N) is 1. The number of benzene rings is 1. The molecule has 0 radical (unpaired) electrons. The van der Waals surface area contributed by atoms with Crippen LogP contribution in [0, 0.1) is 5.82 Å². The van der Waals surface area contributed by atoms with Crippen LogP contribution in [-0.4, -0.2) is 31.3 Å². The van der Waals surface area contributed by atoms with Gasteiger partial charge in [-0.05, 0) is 55.5 Å². The van der Waals surface area contributed by atoms with Crippen molar-refractivity contribution < 1.29 is 9.50 Å². The Labute approximate surface area is 161 Å². The topological polar surface area (TPSA) is 88.5 Å². The predicted octanol–water partition coefficient (Wildman–Crippen LogP) is 3.44. The Kier molecular flexibility index (Phi) is 4.75. The number of rotatable bonds is 4. The van der Waals surface area contributed by atoms with Crippen molar-refractivity contribution >= 4 is 28.6 Å². The summed E-state index contributed by atoms with van der Waals surface area (Å²) in [5.74, 6) is 0.0972. The highest BCUT2D eigenvalue weighted by Gasteiger charge is 2.33. The van der Waals surface area contributed by atoms with Crippen molar-refractivity contribution in [1.29, 1.82) is 0 Å². The summed E-state index contributed by atoms with van der Waals surface area (Å²) in [4.78, 5) is 4.33. The van der Waals surface area contributed by atoms with Gasteiger partial charge in [0, 0.05) is 24.3 Å². The zero-order valence-electron chi connectivity index (χ0n) is 14.7. The summed E-state index contributed by atoms with van der Waals surface area (Å²) in [6, 6.07) is 6.52. The molecule has 0 atom stereocenters. The predicted molar refractivity (Wildman–Crippen MR) is 103 cm³/mol. The molecule has 1 fully saturated rings. The third-order valence-corrected chi connectivity index (χ3v) is 5.49. The van der Waals surface area contributed by atoms with E-state index in [1.807, 2.05) is 12.3 Å². The molecule has 27 heavy (non-hydrogen) atoms. The quantitative estimate of drug-likeness (QED) is 0.636. The van der Waals surface area contributed by atoms with E-state index in [0.29, 0.717) is 30.8 Å². The summed E-state index contributed by atoms with van der Waals surface area (Å²) in [5.41, 5.74) is 7.55. The number of anilines is 2. The van der Waals surface area contributed by atoms with E-state index in [4.69, 9.17) is 17.3 Å². The third kappa shape index (κ3) is 3.76. The monoisotopic (exact) mass is 389 g/mol. The molecule has 142 valence electrons. The Morgan fingerprint density at radius 1 is 1.33 bits per heavy atom. The van der Waals surface area contributed by atoms with Gasteiger partial charge >= 0.3 is 0 Å². The second-order valence-corrected chi connectivity index (χ2v) is 7.64. The number of hydrogen-bond acceptors (Lipinski definition) is 5. The molecule has 3 aromatic rings. The second kappa shape index (κ2) is 7.07. The van der Waals surface area contributed by atoms with Gasteiger partial charge < -0.3 is 16.2 Å². The molecule has 0 bridgehead atoms. The maximum absolute atomic E-state index is 13.4. The molecular formula is C19H21ClFN5O. The van der Waals surface area contributed by atoms with E-state index in [0.717, 1.165) is 23.9 Å². The molecule has 0 spiro atoms. The average molecular weight is 390 g/mol. The summed E-state index contributed by atoms with van der Waals surface area (Å²) >= 11 is 5.87. The van der Waals surface area contributed by atoms with Crippen LogP contribution in [0.4, 0.5) is 15.9 Å². The van der Waals surface area contributed by atoms with Gasteiger partial charge in [-0.2, -0.15) is 5.10 Å². The van der Waals surface area contributed by atoms with Crippen LogP contribution in [0.3, 0.4) is 0 Å². The molecule has 2 heterocycles. The zero-order valence-corrected chi connectivity index (χ0v) is 15.5. The van der Waals surface area contributed by atoms with Gasteiger partial charge in [0.25, 0.3) is 0 Å². The van der Waals surface area contributed by atoms with Gasteiger partial charge in [0.15, 0.2) is 5.82 Å². The van der Waals surface area contributed by atoms with Crippen LogP contribution >= 0.6 is 11.6 Å². The summed E-state index contributed by atoms with van der Waals surface area (Å²) in [7, 11) is 0. The minimum atomic E-state index is -0.774. The van der Waals surface area contributed by atoms with Crippen LogP contribution in [-0.2, 0) is 6.42 Å². The van der Waals surface area contributed by atoms with Crippen LogP contribution in [0.5, 0.6) is 0 Å². The fourth-order valence-electron chi connectivity index (χ4n) is 3.67. The van der Waals surface area contributed by atoms with Crippen molar-refractivity contribution in [3.8, 4) is 0 Å². The average Bonchev–Trinajstić information content (AvgIpc) is 3.05. The van der Waals surface area contributed by atoms with E-state index < -0.39 is 11.4 Å². The standard InChI is InChI=1S/C19H21ClFN5O/c20-15-9-14(1-2-16(15)21)25-18-17-12(5-8-26(17)24-11-23-18)10-19(27)6-3-13(22)4-7-19/h1-2,5,8-9,11,13,27H,3-4,6-7,10,22H2,(H,23,24,25)/t13-,19-. The molecular weight excluding hydrogens is 369 g/mol. The number of fused-ring (bicyclic) bond motifs is 1. The molecule has 8 heteroatoms. The normalized spacial score (nSPS) is 22.9. The molecule has 0 saturated heterocycles. The summed E-state index contributed by atoms with van der Waals surface area (Å²) in [6.07, 6.45) is 6.77. The molecule has 2 aromatic heterocycles. The van der Waals surface area contributed by atoms with Gasteiger partial charge in [0.1, 0.15) is 17.7 Å². The van der Waals surface area contributed by atoms with Crippen molar-refractivity contribution in [1.82, 2.24) is 14.6 Å². The van der Waals surface area contributed by atoms with Crippen LogP contribution in [0.15, 0.2) is 36.8 Å². The molecule has 0 unspecified atom stereocenters. The van der Waals surface area contributed by atoms with E-state index in [-0.39, 0.29) is 11.1 Å². The largest absolute Gasteiger partial charge is 0.390 e.